The topological polar surface area (TPSA) is 230 Å². The lowest BCUT2D eigenvalue weighted by atomic mass is 9.99. The number of aryl methyl sites for hydroxylation is 3. The predicted octanol–water partition coefficient (Wildman–Crippen LogP) is 5.18. The van der Waals surface area contributed by atoms with E-state index in [-0.39, 0.29) is 38.5 Å². The predicted molar refractivity (Wildman–Crippen MR) is 184 cm³/mol. The van der Waals surface area contributed by atoms with Crippen LogP contribution in [0.3, 0.4) is 0 Å². The summed E-state index contributed by atoms with van der Waals surface area (Å²) in [4.78, 5) is 51.3. The van der Waals surface area contributed by atoms with E-state index in [1.807, 2.05) is 26.8 Å². The molecule has 0 amide bonds. The van der Waals surface area contributed by atoms with Gasteiger partial charge in [0.2, 0.25) is 0 Å². The first kappa shape index (κ1) is 35.0. The van der Waals surface area contributed by atoms with Crippen LogP contribution in [-0.2, 0) is 20.8 Å². The second-order valence-electron chi connectivity index (χ2n) is 12.3. The number of aromatic amines is 2. The van der Waals surface area contributed by atoms with E-state index in [0.717, 1.165) is 39.5 Å². The molecular formula is C36H38N4O9. The van der Waals surface area contributed by atoms with E-state index < -0.39 is 23.9 Å². The number of H-pyrrole nitrogens is 2. The van der Waals surface area contributed by atoms with Crippen LogP contribution in [0.25, 0.3) is 50.4 Å². The number of nitrogens with zero attached hydrogens (tertiary/aromatic N) is 2. The molecule has 2 aliphatic rings. The van der Waals surface area contributed by atoms with Crippen LogP contribution in [0, 0.1) is 13.8 Å². The standard InChI is InChI=1S/C36H38N4O9/c1-17-21(5-8-33(41)42)29-14-27-18(2)22(6-9-34(43)44)30(39-27)15-28-19(3)23(7-10-35(45)46)31(40-28)16-32-24(11-12-36(47,48)49)20(4)26(38-32)13-25(17)37-29/h11-16,38,40,47-49H,5-10H2,1-4H3,(H,41,42)(H,43,44)(H,45,46)/b12-11+,25-13?,26-13?,27-14?,28-15?,29-14?,30-15?,31-16?,32-16?. The van der Waals surface area contributed by atoms with Crippen LogP contribution in [-0.4, -0.2) is 74.5 Å². The van der Waals surface area contributed by atoms with E-state index in [2.05, 4.69) is 9.97 Å². The van der Waals surface area contributed by atoms with Crippen molar-refractivity contribution in [1.29, 1.82) is 0 Å². The number of aromatic nitrogens is 4. The Morgan fingerprint density at radius 3 is 1.65 bits per heavy atom. The van der Waals surface area contributed by atoms with Gasteiger partial charge in [-0.3, -0.25) is 14.4 Å². The quantitative estimate of drug-likeness (QED) is 0.124. The number of carboxylic acids is 3. The van der Waals surface area contributed by atoms with Crippen molar-refractivity contribution < 1.29 is 45.0 Å². The molecule has 3 aromatic heterocycles. The smallest absolute Gasteiger partial charge is 0.303 e. The van der Waals surface area contributed by atoms with Gasteiger partial charge in [0.1, 0.15) is 0 Å². The van der Waals surface area contributed by atoms with Gasteiger partial charge in [0.25, 0.3) is 5.97 Å². The average Bonchev–Trinajstić information content (AvgIpc) is 3.66. The van der Waals surface area contributed by atoms with Gasteiger partial charge in [-0.25, -0.2) is 9.97 Å². The van der Waals surface area contributed by atoms with Crippen molar-refractivity contribution in [2.75, 3.05) is 0 Å². The van der Waals surface area contributed by atoms with Crippen LogP contribution in [0.4, 0.5) is 0 Å². The molecule has 49 heavy (non-hydrogen) atoms. The minimum absolute atomic E-state index is 0.123. The lowest BCUT2D eigenvalue weighted by molar-refractivity contribution is -0.272. The van der Waals surface area contributed by atoms with E-state index in [9.17, 15) is 45.0 Å². The molecule has 0 atom stereocenters. The molecule has 13 nitrogen and oxygen atoms in total. The molecular weight excluding hydrogens is 632 g/mol. The molecule has 8 bridgehead atoms. The monoisotopic (exact) mass is 670 g/mol. The Kier molecular flexibility index (Phi) is 9.72. The number of rotatable bonds is 11. The molecule has 0 unspecified atom stereocenters. The Morgan fingerprint density at radius 1 is 0.633 bits per heavy atom. The number of carbonyl (C=O) groups is 3. The lowest BCUT2D eigenvalue weighted by Crippen LogP contribution is -2.23. The number of aliphatic hydroxyl groups is 3. The third kappa shape index (κ3) is 7.70. The van der Waals surface area contributed by atoms with Crippen molar-refractivity contribution in [2.45, 2.75) is 72.2 Å². The molecule has 3 aromatic rings. The molecule has 13 heteroatoms. The fourth-order valence-electron chi connectivity index (χ4n) is 6.24. The Morgan fingerprint density at radius 2 is 1.10 bits per heavy atom. The van der Waals surface area contributed by atoms with E-state index >= 15 is 0 Å². The van der Waals surface area contributed by atoms with Gasteiger partial charge >= 0.3 is 17.9 Å². The number of hydrogen-bond acceptors (Lipinski definition) is 8. The molecule has 0 aromatic carbocycles. The zero-order chi connectivity index (χ0) is 35.8. The van der Waals surface area contributed by atoms with E-state index in [1.54, 1.807) is 25.1 Å². The summed E-state index contributed by atoms with van der Waals surface area (Å²) in [6.07, 6.45) is 2.41. The molecule has 256 valence electrons. The van der Waals surface area contributed by atoms with Crippen LogP contribution in [0.2, 0.25) is 0 Å². The molecule has 0 fully saturated rings. The Labute approximate surface area is 280 Å². The van der Waals surface area contributed by atoms with Gasteiger partial charge in [-0.2, -0.15) is 0 Å². The van der Waals surface area contributed by atoms with Gasteiger partial charge in [-0.05, 0) is 116 Å². The highest BCUT2D eigenvalue weighted by atomic mass is 16.7. The highest BCUT2D eigenvalue weighted by Gasteiger charge is 2.23. The fraction of sp³-hybridized carbons (Fsp3) is 0.306. The lowest BCUT2D eigenvalue weighted by Gasteiger charge is -2.06. The van der Waals surface area contributed by atoms with Crippen LogP contribution >= 0.6 is 0 Å². The first-order valence-corrected chi connectivity index (χ1v) is 15.7. The summed E-state index contributed by atoms with van der Waals surface area (Å²) in [6, 6.07) is 7.17. The van der Waals surface area contributed by atoms with Crippen molar-refractivity contribution in [3.63, 3.8) is 0 Å². The van der Waals surface area contributed by atoms with E-state index in [4.69, 9.17) is 9.97 Å². The van der Waals surface area contributed by atoms with Gasteiger partial charge in [-0.1, -0.05) is 0 Å². The van der Waals surface area contributed by atoms with Gasteiger partial charge in [0.15, 0.2) is 0 Å². The zero-order valence-electron chi connectivity index (χ0n) is 27.5. The fourth-order valence-corrected chi connectivity index (χ4v) is 6.24. The molecule has 5 heterocycles. The first-order chi connectivity index (χ1) is 23.0. The SMILES string of the molecule is CC1=C(CCC(=O)O)c2cc3nc(cc4[nH]c(cc5[nH]c(cc1n2)c(C)c5/C=C/C(O)(O)O)c(CCC(=O)O)c4C)C(CCC(=O)O)=C3C. The molecule has 8 N–H and O–H groups in total. The highest BCUT2D eigenvalue weighted by molar-refractivity contribution is 5.96. The summed E-state index contributed by atoms with van der Waals surface area (Å²) in [5.74, 6) is -5.97. The Hall–Kier alpha value is -5.37. The maximum atomic E-state index is 11.6. The summed E-state index contributed by atoms with van der Waals surface area (Å²) in [7, 11) is 0. The van der Waals surface area contributed by atoms with Crippen molar-refractivity contribution in [2.24, 2.45) is 0 Å². The molecule has 0 saturated carbocycles. The summed E-state index contributed by atoms with van der Waals surface area (Å²) >= 11 is 0. The first-order valence-electron chi connectivity index (χ1n) is 15.7. The summed E-state index contributed by atoms with van der Waals surface area (Å²) in [5, 5.41) is 57.4. The third-order valence-corrected chi connectivity index (χ3v) is 8.96. The number of hydrogen-bond donors (Lipinski definition) is 8. The van der Waals surface area contributed by atoms with Crippen LogP contribution in [0.5, 0.6) is 0 Å². The van der Waals surface area contributed by atoms with Crippen molar-refractivity contribution in [3.05, 3.63) is 75.4 Å². The van der Waals surface area contributed by atoms with Gasteiger partial charge in [-0.15, -0.1) is 0 Å². The van der Waals surface area contributed by atoms with E-state index in [1.165, 1.54) is 6.08 Å². The number of nitrogens with one attached hydrogen (secondary N) is 2. The second-order valence-corrected chi connectivity index (χ2v) is 12.3. The minimum Gasteiger partial charge on any atom is -0.481 e. The molecule has 2 aliphatic heterocycles. The molecule has 0 spiro atoms. The second kappa shape index (κ2) is 13.6. The maximum absolute atomic E-state index is 11.6. The summed E-state index contributed by atoms with van der Waals surface area (Å²) in [5.41, 5.74) is 10.2. The molecule has 0 aliphatic carbocycles. The highest BCUT2D eigenvalue weighted by Crippen LogP contribution is 2.38. The van der Waals surface area contributed by atoms with Crippen molar-refractivity contribution in [3.8, 4) is 0 Å². The zero-order valence-corrected chi connectivity index (χ0v) is 27.5. The molecule has 0 saturated heterocycles. The van der Waals surface area contributed by atoms with Gasteiger partial charge in [0, 0.05) is 53.0 Å². The summed E-state index contributed by atoms with van der Waals surface area (Å²) < 4.78 is 0. The molecule has 5 rings (SSSR count). The maximum Gasteiger partial charge on any atom is 0.303 e. The van der Waals surface area contributed by atoms with E-state index in [0.29, 0.717) is 56.0 Å². The average molecular weight is 671 g/mol. The number of carboxylic acid groups (broad SMARTS) is 3. The minimum atomic E-state index is -3.08. The Bertz CT molecular complexity index is 2140. The van der Waals surface area contributed by atoms with Crippen molar-refractivity contribution >= 4 is 68.3 Å². The van der Waals surface area contributed by atoms with Crippen LogP contribution in [0.1, 0.15) is 91.0 Å². The van der Waals surface area contributed by atoms with Crippen LogP contribution in [0.15, 0.2) is 30.3 Å². The number of allylic oxidation sites excluding steroid dienone is 4. The number of fused-ring (bicyclic) bond motifs is 8. The Balaban J connectivity index is 1.93. The van der Waals surface area contributed by atoms with Crippen LogP contribution < -0.4 is 0 Å². The molecule has 0 radical (unpaired) electrons. The normalized spacial score (nSPS) is 13.5. The third-order valence-electron chi connectivity index (χ3n) is 8.96. The largest absolute Gasteiger partial charge is 0.481 e. The number of aliphatic carboxylic acids is 3. The van der Waals surface area contributed by atoms with Crippen molar-refractivity contribution in [1.82, 2.24) is 19.9 Å². The summed E-state index contributed by atoms with van der Waals surface area (Å²) in [6.45, 7) is 7.37. The van der Waals surface area contributed by atoms with Gasteiger partial charge < -0.3 is 40.6 Å². The van der Waals surface area contributed by atoms with Gasteiger partial charge in [0.05, 0.1) is 22.8 Å².